The lowest BCUT2D eigenvalue weighted by atomic mass is 10.1. The third kappa shape index (κ3) is 5.16. The number of hydrogen-bond donors (Lipinski definition) is 1. The Balaban J connectivity index is 1.56. The highest BCUT2D eigenvalue weighted by atomic mass is 35.5. The van der Waals surface area contributed by atoms with Gasteiger partial charge >= 0.3 is 0 Å². The van der Waals surface area contributed by atoms with Gasteiger partial charge in [-0.3, -0.25) is 4.79 Å². The van der Waals surface area contributed by atoms with E-state index >= 15 is 0 Å². The molecule has 2 aromatic rings. The fraction of sp³-hybridized carbons (Fsp3) is 0.421. The fourth-order valence-corrected chi connectivity index (χ4v) is 3.33. The highest BCUT2D eigenvalue weighted by Gasteiger charge is 2.18. The molecule has 1 heterocycles. The Morgan fingerprint density at radius 1 is 1.12 bits per heavy atom. The molecule has 1 saturated carbocycles. The Bertz CT molecular complexity index is 721. The van der Waals surface area contributed by atoms with E-state index in [2.05, 4.69) is 5.32 Å². The number of nitrogens with one attached hydrogen (secondary N) is 1. The molecule has 1 amide bonds. The highest BCUT2D eigenvalue weighted by Crippen LogP contribution is 2.28. The summed E-state index contributed by atoms with van der Waals surface area (Å²) >= 11 is 12.0. The molecular formula is C19H21Cl2NO3. The Kier molecular flexibility index (Phi) is 6.27. The van der Waals surface area contributed by atoms with Crippen molar-refractivity contribution in [2.45, 2.75) is 51.2 Å². The van der Waals surface area contributed by atoms with E-state index in [9.17, 15) is 4.79 Å². The van der Waals surface area contributed by atoms with Crippen LogP contribution in [-0.2, 0) is 6.61 Å². The lowest BCUT2D eigenvalue weighted by molar-refractivity contribution is 0.0901. The molecule has 1 N–H and O–H groups in total. The van der Waals surface area contributed by atoms with Crippen molar-refractivity contribution in [3.8, 4) is 5.75 Å². The van der Waals surface area contributed by atoms with Crippen LogP contribution in [0.5, 0.6) is 5.75 Å². The van der Waals surface area contributed by atoms with Gasteiger partial charge in [0, 0.05) is 17.1 Å². The first-order valence-corrected chi connectivity index (χ1v) is 9.35. The quantitative estimate of drug-likeness (QED) is 0.683. The average molecular weight is 382 g/mol. The van der Waals surface area contributed by atoms with Crippen LogP contribution >= 0.6 is 23.2 Å². The van der Waals surface area contributed by atoms with E-state index in [1.807, 2.05) is 0 Å². The predicted molar refractivity (Wildman–Crippen MR) is 98.5 cm³/mol. The molecule has 0 spiro atoms. The van der Waals surface area contributed by atoms with Gasteiger partial charge in [0.15, 0.2) is 5.76 Å². The van der Waals surface area contributed by atoms with E-state index in [1.54, 1.807) is 30.3 Å². The van der Waals surface area contributed by atoms with E-state index in [-0.39, 0.29) is 18.6 Å². The summed E-state index contributed by atoms with van der Waals surface area (Å²) in [5.74, 6) is 1.18. The Morgan fingerprint density at radius 3 is 2.64 bits per heavy atom. The van der Waals surface area contributed by atoms with Crippen molar-refractivity contribution in [2.75, 3.05) is 0 Å². The van der Waals surface area contributed by atoms with Crippen molar-refractivity contribution in [1.29, 1.82) is 0 Å². The predicted octanol–water partition coefficient (Wildman–Crippen LogP) is 5.62. The van der Waals surface area contributed by atoms with Gasteiger partial charge in [0.1, 0.15) is 18.1 Å². The average Bonchev–Trinajstić information content (AvgIpc) is 2.93. The van der Waals surface area contributed by atoms with Gasteiger partial charge in [-0.25, -0.2) is 0 Å². The summed E-state index contributed by atoms with van der Waals surface area (Å²) in [6.45, 7) is 0.177. The molecular weight excluding hydrogens is 361 g/mol. The maximum absolute atomic E-state index is 12.3. The number of furan rings is 1. The van der Waals surface area contributed by atoms with Gasteiger partial charge in [0.25, 0.3) is 5.91 Å². The summed E-state index contributed by atoms with van der Waals surface area (Å²) in [6, 6.07) is 8.66. The lowest BCUT2D eigenvalue weighted by Crippen LogP contribution is -2.34. The molecule has 1 aromatic carbocycles. The molecule has 134 valence electrons. The van der Waals surface area contributed by atoms with Crippen molar-refractivity contribution in [3.63, 3.8) is 0 Å². The maximum atomic E-state index is 12.3. The Morgan fingerprint density at radius 2 is 1.88 bits per heavy atom. The van der Waals surface area contributed by atoms with E-state index < -0.39 is 0 Å². The molecule has 3 rings (SSSR count). The largest absolute Gasteiger partial charge is 0.484 e. The summed E-state index contributed by atoms with van der Waals surface area (Å²) in [4.78, 5) is 12.3. The minimum Gasteiger partial charge on any atom is -0.484 e. The van der Waals surface area contributed by atoms with Gasteiger partial charge in [0.2, 0.25) is 0 Å². The first-order chi connectivity index (χ1) is 12.1. The Labute approximate surface area is 157 Å². The first-order valence-electron chi connectivity index (χ1n) is 8.59. The Hall–Kier alpha value is -1.65. The molecule has 1 aliphatic rings. The third-order valence-electron chi connectivity index (χ3n) is 4.34. The van der Waals surface area contributed by atoms with Gasteiger partial charge in [-0.1, -0.05) is 48.9 Å². The van der Waals surface area contributed by atoms with Crippen molar-refractivity contribution < 1.29 is 13.9 Å². The second kappa shape index (κ2) is 8.63. The van der Waals surface area contributed by atoms with Crippen LogP contribution in [-0.4, -0.2) is 11.9 Å². The van der Waals surface area contributed by atoms with E-state index in [4.69, 9.17) is 32.4 Å². The zero-order valence-electron chi connectivity index (χ0n) is 13.9. The maximum Gasteiger partial charge on any atom is 0.287 e. The molecule has 25 heavy (non-hydrogen) atoms. The van der Waals surface area contributed by atoms with Crippen LogP contribution in [0.2, 0.25) is 10.0 Å². The van der Waals surface area contributed by atoms with Gasteiger partial charge in [-0.15, -0.1) is 0 Å². The van der Waals surface area contributed by atoms with E-state index in [1.165, 1.54) is 25.7 Å². The summed E-state index contributed by atoms with van der Waals surface area (Å²) in [7, 11) is 0. The summed E-state index contributed by atoms with van der Waals surface area (Å²) in [6.07, 6.45) is 6.91. The number of hydrogen-bond acceptors (Lipinski definition) is 3. The standard InChI is InChI=1S/C19H21Cl2NO3/c20-13-7-9-16(21)18(11-13)24-12-15-8-10-17(25-15)19(23)22-14-5-3-1-2-4-6-14/h7-11,14H,1-6,12H2,(H,22,23). The molecule has 0 radical (unpaired) electrons. The van der Waals surface area contributed by atoms with E-state index in [0.29, 0.717) is 27.3 Å². The molecule has 0 unspecified atom stereocenters. The minimum atomic E-state index is -0.168. The lowest BCUT2D eigenvalue weighted by Gasteiger charge is -2.15. The number of halogens is 2. The molecule has 1 aliphatic carbocycles. The summed E-state index contributed by atoms with van der Waals surface area (Å²) in [5, 5.41) is 4.08. The number of rotatable bonds is 5. The van der Waals surface area contributed by atoms with Crippen LogP contribution < -0.4 is 10.1 Å². The molecule has 6 heteroatoms. The molecule has 0 saturated heterocycles. The van der Waals surface area contributed by atoms with Crippen molar-refractivity contribution in [2.24, 2.45) is 0 Å². The number of carbonyl (C=O) groups excluding carboxylic acids is 1. The smallest absolute Gasteiger partial charge is 0.287 e. The van der Waals surface area contributed by atoms with Gasteiger partial charge in [-0.2, -0.15) is 0 Å². The van der Waals surface area contributed by atoms with Crippen LogP contribution in [0.15, 0.2) is 34.7 Å². The van der Waals surface area contributed by atoms with Crippen LogP contribution in [0.25, 0.3) is 0 Å². The molecule has 0 bridgehead atoms. The second-order valence-corrected chi connectivity index (χ2v) is 7.13. The van der Waals surface area contributed by atoms with Gasteiger partial charge < -0.3 is 14.5 Å². The highest BCUT2D eigenvalue weighted by molar-refractivity contribution is 6.34. The van der Waals surface area contributed by atoms with Gasteiger partial charge in [0.05, 0.1) is 5.02 Å². The van der Waals surface area contributed by atoms with Crippen molar-refractivity contribution in [3.05, 3.63) is 51.9 Å². The molecule has 0 aliphatic heterocycles. The second-order valence-electron chi connectivity index (χ2n) is 6.29. The zero-order valence-corrected chi connectivity index (χ0v) is 15.4. The van der Waals surface area contributed by atoms with Crippen molar-refractivity contribution in [1.82, 2.24) is 5.32 Å². The van der Waals surface area contributed by atoms with Crippen LogP contribution in [0.3, 0.4) is 0 Å². The van der Waals surface area contributed by atoms with Gasteiger partial charge in [-0.05, 0) is 37.1 Å². The van der Waals surface area contributed by atoms with Crippen LogP contribution in [0.1, 0.15) is 54.8 Å². The fourth-order valence-electron chi connectivity index (χ4n) is 2.99. The SMILES string of the molecule is O=C(NC1CCCCCC1)c1ccc(COc2cc(Cl)ccc2Cl)o1. The van der Waals surface area contributed by atoms with E-state index in [0.717, 1.165) is 12.8 Å². The zero-order chi connectivity index (χ0) is 17.6. The minimum absolute atomic E-state index is 0.168. The van der Waals surface area contributed by atoms with Crippen LogP contribution in [0, 0.1) is 0 Å². The normalized spacial score (nSPS) is 15.6. The monoisotopic (exact) mass is 381 g/mol. The first kappa shape index (κ1) is 18.2. The number of carbonyl (C=O) groups is 1. The molecule has 0 atom stereocenters. The molecule has 1 fully saturated rings. The third-order valence-corrected chi connectivity index (χ3v) is 4.89. The van der Waals surface area contributed by atoms with Crippen LogP contribution in [0.4, 0.5) is 0 Å². The molecule has 4 nitrogen and oxygen atoms in total. The number of benzene rings is 1. The topological polar surface area (TPSA) is 51.5 Å². The summed E-state index contributed by atoms with van der Waals surface area (Å²) in [5.41, 5.74) is 0. The number of ether oxygens (including phenoxy) is 1. The molecule has 1 aromatic heterocycles. The van der Waals surface area contributed by atoms with Crippen molar-refractivity contribution >= 4 is 29.1 Å². The number of amides is 1. The summed E-state index contributed by atoms with van der Waals surface area (Å²) < 4.78 is 11.2.